The van der Waals surface area contributed by atoms with E-state index in [9.17, 15) is 4.79 Å². The minimum atomic E-state index is -0.0542. The molecule has 0 fully saturated rings. The lowest BCUT2D eigenvalue weighted by atomic mass is 10.1. The number of thiophene rings is 1. The van der Waals surface area contributed by atoms with Crippen LogP contribution in [-0.2, 0) is 4.79 Å². The smallest absolute Gasteiger partial charge is 0.234 e. The highest BCUT2D eigenvalue weighted by Crippen LogP contribution is 2.35. The van der Waals surface area contributed by atoms with Gasteiger partial charge in [-0.1, -0.05) is 42.1 Å². The van der Waals surface area contributed by atoms with E-state index in [4.69, 9.17) is 0 Å². The summed E-state index contributed by atoms with van der Waals surface area (Å²) in [6.45, 7) is 6.22. The normalized spacial score (nSPS) is 11.3. The van der Waals surface area contributed by atoms with Crippen molar-refractivity contribution >= 4 is 44.8 Å². The van der Waals surface area contributed by atoms with Gasteiger partial charge in [0, 0.05) is 32.8 Å². The number of amides is 1. The first-order valence-electron chi connectivity index (χ1n) is 9.44. The van der Waals surface area contributed by atoms with Gasteiger partial charge in [0.25, 0.3) is 0 Å². The SMILES string of the molecule is Cc1cccc(NC(=O)CSc2nnc(-c3csc4ccccc34)n2C(C)C)c1. The van der Waals surface area contributed by atoms with Crippen molar-refractivity contribution in [1.82, 2.24) is 14.8 Å². The Morgan fingerprint density at radius 1 is 1.17 bits per heavy atom. The van der Waals surface area contributed by atoms with Crippen LogP contribution >= 0.6 is 23.1 Å². The van der Waals surface area contributed by atoms with Crippen LogP contribution in [0.3, 0.4) is 0 Å². The van der Waals surface area contributed by atoms with E-state index in [1.54, 1.807) is 11.3 Å². The van der Waals surface area contributed by atoms with Gasteiger partial charge in [-0.25, -0.2) is 0 Å². The first kappa shape index (κ1) is 19.7. The van der Waals surface area contributed by atoms with Crippen molar-refractivity contribution in [3.63, 3.8) is 0 Å². The standard InChI is InChI=1S/C22H22N4OS2/c1-14(2)26-21(18-12-28-19-10-5-4-9-17(18)19)24-25-22(26)29-13-20(27)23-16-8-6-7-15(3)11-16/h4-12,14H,13H2,1-3H3,(H,23,27). The highest BCUT2D eigenvalue weighted by molar-refractivity contribution is 7.99. The molecule has 0 atom stereocenters. The summed E-state index contributed by atoms with van der Waals surface area (Å²) in [5.41, 5.74) is 3.01. The number of benzene rings is 2. The van der Waals surface area contributed by atoms with Crippen molar-refractivity contribution < 1.29 is 4.79 Å². The summed E-state index contributed by atoms with van der Waals surface area (Å²) in [5.74, 6) is 1.07. The summed E-state index contributed by atoms with van der Waals surface area (Å²) in [6.07, 6.45) is 0. The van der Waals surface area contributed by atoms with Gasteiger partial charge in [-0.05, 0) is 44.5 Å². The molecule has 0 saturated heterocycles. The fourth-order valence-electron chi connectivity index (χ4n) is 3.23. The number of hydrogen-bond donors (Lipinski definition) is 1. The van der Waals surface area contributed by atoms with E-state index in [1.165, 1.54) is 21.8 Å². The maximum Gasteiger partial charge on any atom is 0.234 e. The monoisotopic (exact) mass is 422 g/mol. The second-order valence-electron chi connectivity index (χ2n) is 7.12. The average molecular weight is 423 g/mol. The van der Waals surface area contributed by atoms with Crippen LogP contribution in [0.15, 0.2) is 59.1 Å². The molecule has 5 nitrogen and oxygen atoms in total. The number of aryl methyl sites for hydroxylation is 1. The number of thioether (sulfide) groups is 1. The Balaban J connectivity index is 1.55. The maximum atomic E-state index is 12.4. The van der Waals surface area contributed by atoms with Crippen molar-refractivity contribution in [3.8, 4) is 11.4 Å². The summed E-state index contributed by atoms with van der Waals surface area (Å²) in [6, 6.07) is 16.3. The summed E-state index contributed by atoms with van der Waals surface area (Å²) >= 11 is 3.12. The van der Waals surface area contributed by atoms with E-state index >= 15 is 0 Å². The molecule has 0 saturated carbocycles. The molecule has 2 aromatic carbocycles. The molecule has 2 heterocycles. The molecule has 4 aromatic rings. The Hall–Kier alpha value is -2.64. The number of carbonyl (C=O) groups is 1. The van der Waals surface area contributed by atoms with Crippen LogP contribution in [0.25, 0.3) is 21.5 Å². The maximum absolute atomic E-state index is 12.4. The van der Waals surface area contributed by atoms with Crippen LogP contribution in [0.2, 0.25) is 0 Å². The highest BCUT2D eigenvalue weighted by Gasteiger charge is 2.20. The second-order valence-corrected chi connectivity index (χ2v) is 8.98. The molecule has 148 valence electrons. The van der Waals surface area contributed by atoms with Gasteiger partial charge in [0.1, 0.15) is 0 Å². The number of rotatable bonds is 6. The van der Waals surface area contributed by atoms with Crippen molar-refractivity contribution in [2.75, 3.05) is 11.1 Å². The molecule has 4 rings (SSSR count). The Morgan fingerprint density at radius 2 is 2.00 bits per heavy atom. The van der Waals surface area contributed by atoms with Gasteiger partial charge in [0.05, 0.1) is 5.75 Å². The summed E-state index contributed by atoms with van der Waals surface area (Å²) in [4.78, 5) is 12.4. The van der Waals surface area contributed by atoms with Gasteiger partial charge >= 0.3 is 0 Å². The third-order valence-corrected chi connectivity index (χ3v) is 6.44. The number of aromatic nitrogens is 3. The lowest BCUT2D eigenvalue weighted by molar-refractivity contribution is -0.113. The summed E-state index contributed by atoms with van der Waals surface area (Å²) < 4.78 is 3.34. The van der Waals surface area contributed by atoms with Gasteiger partial charge in [-0.15, -0.1) is 21.5 Å². The van der Waals surface area contributed by atoms with E-state index in [-0.39, 0.29) is 17.7 Å². The average Bonchev–Trinajstić information content (AvgIpc) is 3.30. The molecule has 0 spiro atoms. The van der Waals surface area contributed by atoms with E-state index in [2.05, 4.69) is 51.4 Å². The summed E-state index contributed by atoms with van der Waals surface area (Å²) in [7, 11) is 0. The Labute approximate surface area is 178 Å². The Bertz CT molecular complexity index is 1160. The van der Waals surface area contributed by atoms with E-state index in [1.807, 2.05) is 43.3 Å². The largest absolute Gasteiger partial charge is 0.325 e. The second kappa shape index (κ2) is 8.39. The topological polar surface area (TPSA) is 59.8 Å². The van der Waals surface area contributed by atoms with Crippen molar-refractivity contribution in [3.05, 3.63) is 59.5 Å². The predicted octanol–water partition coefficient (Wildman–Crippen LogP) is 5.78. The van der Waals surface area contributed by atoms with Gasteiger partial charge in [0.2, 0.25) is 5.91 Å². The zero-order valence-corrected chi connectivity index (χ0v) is 18.2. The third-order valence-electron chi connectivity index (χ3n) is 4.54. The van der Waals surface area contributed by atoms with Crippen LogP contribution in [0, 0.1) is 6.92 Å². The molecule has 0 aliphatic heterocycles. The molecule has 7 heteroatoms. The molecular weight excluding hydrogens is 400 g/mol. The fraction of sp³-hybridized carbons (Fsp3) is 0.227. The van der Waals surface area contributed by atoms with Crippen molar-refractivity contribution in [1.29, 1.82) is 0 Å². The molecule has 1 N–H and O–H groups in total. The zero-order chi connectivity index (χ0) is 20.4. The fourth-order valence-corrected chi connectivity index (χ4v) is 5.03. The quantitative estimate of drug-likeness (QED) is 0.400. The Kier molecular flexibility index (Phi) is 5.69. The molecule has 2 aromatic heterocycles. The predicted molar refractivity (Wildman–Crippen MR) is 122 cm³/mol. The number of hydrogen-bond acceptors (Lipinski definition) is 5. The highest BCUT2D eigenvalue weighted by atomic mass is 32.2. The third kappa shape index (κ3) is 4.21. The lowest BCUT2D eigenvalue weighted by Crippen LogP contribution is -2.15. The first-order chi connectivity index (χ1) is 14.0. The van der Waals surface area contributed by atoms with Crippen molar-refractivity contribution in [2.45, 2.75) is 32.0 Å². The number of anilines is 1. The Morgan fingerprint density at radius 3 is 2.79 bits per heavy atom. The minimum absolute atomic E-state index is 0.0542. The van der Waals surface area contributed by atoms with Crippen LogP contribution in [-0.4, -0.2) is 26.4 Å². The van der Waals surface area contributed by atoms with E-state index < -0.39 is 0 Å². The lowest BCUT2D eigenvalue weighted by Gasteiger charge is -2.13. The minimum Gasteiger partial charge on any atom is -0.325 e. The number of nitrogens with one attached hydrogen (secondary N) is 1. The molecule has 29 heavy (non-hydrogen) atoms. The van der Waals surface area contributed by atoms with E-state index in [0.717, 1.165) is 27.8 Å². The van der Waals surface area contributed by atoms with Crippen LogP contribution in [0.5, 0.6) is 0 Å². The van der Waals surface area contributed by atoms with Crippen LogP contribution in [0.4, 0.5) is 5.69 Å². The van der Waals surface area contributed by atoms with Gasteiger partial charge in [-0.3, -0.25) is 9.36 Å². The van der Waals surface area contributed by atoms with Crippen LogP contribution < -0.4 is 5.32 Å². The van der Waals surface area contributed by atoms with Gasteiger partial charge in [-0.2, -0.15) is 0 Å². The molecule has 0 unspecified atom stereocenters. The van der Waals surface area contributed by atoms with E-state index in [0.29, 0.717) is 0 Å². The number of carbonyl (C=O) groups excluding carboxylic acids is 1. The molecule has 1 amide bonds. The summed E-state index contributed by atoms with van der Waals surface area (Å²) in [5, 5.41) is 15.9. The van der Waals surface area contributed by atoms with Crippen molar-refractivity contribution in [2.24, 2.45) is 0 Å². The molecule has 0 aliphatic rings. The molecule has 0 radical (unpaired) electrons. The zero-order valence-electron chi connectivity index (χ0n) is 16.5. The molecule has 0 aliphatic carbocycles. The van der Waals surface area contributed by atoms with Crippen LogP contribution in [0.1, 0.15) is 25.5 Å². The molecular formula is C22H22N4OS2. The van der Waals surface area contributed by atoms with Gasteiger partial charge < -0.3 is 5.32 Å². The first-order valence-corrected chi connectivity index (χ1v) is 11.3. The number of fused-ring (bicyclic) bond motifs is 1. The number of nitrogens with zero attached hydrogens (tertiary/aromatic N) is 3. The molecule has 0 bridgehead atoms. The van der Waals surface area contributed by atoms with Gasteiger partial charge in [0.15, 0.2) is 11.0 Å².